The smallest absolute Gasteiger partial charge is 0.345 e. The van der Waals surface area contributed by atoms with Crippen molar-refractivity contribution in [3.05, 3.63) is 40.9 Å². The number of halogens is 5. The van der Waals surface area contributed by atoms with Gasteiger partial charge in [0.05, 0.1) is 17.7 Å². The summed E-state index contributed by atoms with van der Waals surface area (Å²) in [6, 6.07) is 5.03. The Hall–Kier alpha value is -1.35. The second-order valence-corrected chi connectivity index (χ2v) is 7.88. The Morgan fingerprint density at radius 1 is 1.25 bits per heavy atom. The van der Waals surface area contributed by atoms with Gasteiger partial charge >= 0.3 is 6.18 Å². The molecule has 0 aliphatic rings. The van der Waals surface area contributed by atoms with E-state index in [-0.39, 0.29) is 42.6 Å². The lowest BCUT2D eigenvalue weighted by Crippen LogP contribution is -2.40. The van der Waals surface area contributed by atoms with Crippen molar-refractivity contribution in [1.82, 2.24) is 9.88 Å². The Morgan fingerprint density at radius 2 is 1.89 bits per heavy atom. The predicted molar refractivity (Wildman–Crippen MR) is 111 cm³/mol. The maximum atomic E-state index is 12.8. The second-order valence-electron chi connectivity index (χ2n) is 7.02. The number of nitrogens with two attached hydrogens (primary N) is 1. The van der Waals surface area contributed by atoms with Crippen LogP contribution in [0.15, 0.2) is 29.6 Å². The number of nitrogens with zero attached hydrogens (tertiary/aromatic N) is 2. The summed E-state index contributed by atoms with van der Waals surface area (Å²) in [7, 11) is 1.71. The fraction of sp³-hybridized carbons (Fsp3) is 0.444. The van der Waals surface area contributed by atoms with Crippen LogP contribution in [-0.2, 0) is 17.4 Å². The highest BCUT2D eigenvalue weighted by Crippen LogP contribution is 2.33. The first-order valence-electron chi connectivity index (χ1n) is 8.08. The molecule has 4 nitrogen and oxygen atoms in total. The maximum absolute atomic E-state index is 12.8. The maximum Gasteiger partial charge on any atom is 0.416 e. The highest BCUT2D eigenvalue weighted by Gasteiger charge is 2.30. The van der Waals surface area contributed by atoms with Gasteiger partial charge in [0.25, 0.3) is 0 Å². The molecule has 0 bridgehead atoms. The molecule has 28 heavy (non-hydrogen) atoms. The molecule has 0 unspecified atom stereocenters. The van der Waals surface area contributed by atoms with Gasteiger partial charge in [0.1, 0.15) is 5.01 Å². The number of aromatic nitrogens is 1. The fourth-order valence-electron chi connectivity index (χ4n) is 2.43. The number of carbonyl (C=O) groups is 1. The third-order valence-corrected chi connectivity index (χ3v) is 4.90. The van der Waals surface area contributed by atoms with Crippen molar-refractivity contribution < 1.29 is 18.0 Å². The predicted octanol–water partition coefficient (Wildman–Crippen LogP) is 4.66. The van der Waals surface area contributed by atoms with Crippen LogP contribution in [0.3, 0.4) is 0 Å². The van der Waals surface area contributed by atoms with Crippen LogP contribution < -0.4 is 5.73 Å². The molecule has 1 aromatic carbocycles. The molecule has 0 saturated heterocycles. The van der Waals surface area contributed by atoms with Crippen molar-refractivity contribution in [2.45, 2.75) is 26.4 Å². The number of amides is 1. The topological polar surface area (TPSA) is 59.2 Å². The third-order valence-electron chi connectivity index (χ3n) is 3.96. The average molecular weight is 458 g/mol. The molecule has 2 rings (SSSR count). The Kier molecular flexibility index (Phi) is 9.93. The molecule has 158 valence electrons. The van der Waals surface area contributed by atoms with Crippen molar-refractivity contribution in [1.29, 1.82) is 0 Å². The lowest BCUT2D eigenvalue weighted by molar-refractivity contribution is -0.137. The van der Waals surface area contributed by atoms with Crippen LogP contribution in [0.2, 0.25) is 0 Å². The summed E-state index contributed by atoms with van der Waals surface area (Å²) in [5, 5.41) is 2.17. The molecule has 1 heterocycles. The Bertz CT molecular complexity index is 781. The SMILES string of the molecule is CN(CC(C)(C)CN)C(=O)Cc1csc(-c2cccc(C(F)(F)F)c2)n1.Cl.Cl. The quantitative estimate of drug-likeness (QED) is 0.685. The van der Waals surface area contributed by atoms with E-state index >= 15 is 0 Å². The van der Waals surface area contributed by atoms with E-state index in [0.29, 0.717) is 29.4 Å². The highest BCUT2D eigenvalue weighted by molar-refractivity contribution is 7.13. The molecule has 2 aromatic rings. The van der Waals surface area contributed by atoms with Crippen LogP contribution >= 0.6 is 36.2 Å². The Labute approximate surface area is 179 Å². The minimum absolute atomic E-state index is 0. The molecule has 1 aromatic heterocycles. The number of hydrogen-bond acceptors (Lipinski definition) is 4. The van der Waals surface area contributed by atoms with Gasteiger partial charge in [-0.2, -0.15) is 13.2 Å². The van der Waals surface area contributed by atoms with Crippen molar-refractivity contribution in [2.24, 2.45) is 11.1 Å². The molecule has 0 atom stereocenters. The molecule has 0 aliphatic heterocycles. The zero-order valence-electron chi connectivity index (χ0n) is 15.7. The molecule has 1 amide bonds. The van der Waals surface area contributed by atoms with E-state index in [4.69, 9.17) is 5.73 Å². The van der Waals surface area contributed by atoms with Crippen LogP contribution in [0, 0.1) is 5.41 Å². The molecular weight excluding hydrogens is 434 g/mol. The van der Waals surface area contributed by atoms with Gasteiger partial charge in [-0.15, -0.1) is 36.2 Å². The number of carbonyl (C=O) groups excluding carboxylic acids is 1. The van der Waals surface area contributed by atoms with Gasteiger partial charge in [0.15, 0.2) is 0 Å². The lowest BCUT2D eigenvalue weighted by atomic mass is 9.93. The van der Waals surface area contributed by atoms with E-state index in [2.05, 4.69) is 4.98 Å². The number of benzene rings is 1. The first kappa shape index (κ1) is 26.6. The summed E-state index contributed by atoms with van der Waals surface area (Å²) in [6.45, 7) is 4.94. The molecule has 10 heteroatoms. The van der Waals surface area contributed by atoms with Crippen LogP contribution in [0.5, 0.6) is 0 Å². The molecular formula is C18H24Cl2F3N3OS. The number of likely N-dealkylation sites (N-methyl/N-ethyl adjacent to an activating group) is 1. The number of rotatable bonds is 6. The normalized spacial score (nSPS) is 11.4. The lowest BCUT2D eigenvalue weighted by Gasteiger charge is -2.28. The van der Waals surface area contributed by atoms with Crippen LogP contribution in [-0.4, -0.2) is 35.9 Å². The van der Waals surface area contributed by atoms with E-state index < -0.39 is 11.7 Å². The Morgan fingerprint density at radius 3 is 2.46 bits per heavy atom. The molecule has 0 radical (unpaired) electrons. The summed E-state index contributed by atoms with van der Waals surface area (Å²) >= 11 is 1.22. The van der Waals surface area contributed by atoms with Gasteiger partial charge in [-0.05, 0) is 24.1 Å². The monoisotopic (exact) mass is 457 g/mol. The van der Waals surface area contributed by atoms with E-state index in [1.54, 1.807) is 23.4 Å². The van der Waals surface area contributed by atoms with E-state index in [1.807, 2.05) is 13.8 Å². The number of thiazole rings is 1. The highest BCUT2D eigenvalue weighted by atomic mass is 35.5. The van der Waals surface area contributed by atoms with Crippen LogP contribution in [0.25, 0.3) is 10.6 Å². The summed E-state index contributed by atoms with van der Waals surface area (Å²) < 4.78 is 38.5. The zero-order chi connectivity index (χ0) is 19.5. The Balaban J connectivity index is 0.00000364. The van der Waals surface area contributed by atoms with Crippen molar-refractivity contribution in [3.63, 3.8) is 0 Å². The van der Waals surface area contributed by atoms with Crippen molar-refractivity contribution >= 4 is 42.1 Å². The third kappa shape index (κ3) is 7.24. The van der Waals surface area contributed by atoms with Crippen molar-refractivity contribution in [3.8, 4) is 10.6 Å². The van der Waals surface area contributed by atoms with Gasteiger partial charge in [-0.1, -0.05) is 26.0 Å². The molecule has 0 saturated carbocycles. The van der Waals surface area contributed by atoms with Gasteiger partial charge in [0.2, 0.25) is 5.91 Å². The van der Waals surface area contributed by atoms with Gasteiger partial charge in [-0.3, -0.25) is 4.79 Å². The molecule has 0 fully saturated rings. The van der Waals surface area contributed by atoms with Crippen LogP contribution in [0.1, 0.15) is 25.1 Å². The van der Waals surface area contributed by atoms with Gasteiger partial charge in [0, 0.05) is 24.5 Å². The number of alkyl halides is 3. The molecule has 0 spiro atoms. The summed E-state index contributed by atoms with van der Waals surface area (Å²) in [5.74, 6) is -0.104. The summed E-state index contributed by atoms with van der Waals surface area (Å²) in [6.07, 6.45) is -4.29. The summed E-state index contributed by atoms with van der Waals surface area (Å²) in [5.41, 5.74) is 5.72. The minimum atomic E-state index is -4.40. The minimum Gasteiger partial charge on any atom is -0.345 e. The van der Waals surface area contributed by atoms with Crippen LogP contribution in [0.4, 0.5) is 13.2 Å². The van der Waals surface area contributed by atoms with Crippen molar-refractivity contribution in [2.75, 3.05) is 20.1 Å². The first-order chi connectivity index (χ1) is 12.0. The zero-order valence-corrected chi connectivity index (χ0v) is 18.2. The van der Waals surface area contributed by atoms with E-state index in [1.165, 1.54) is 17.4 Å². The van der Waals surface area contributed by atoms with E-state index in [0.717, 1.165) is 12.1 Å². The van der Waals surface area contributed by atoms with Gasteiger partial charge in [-0.25, -0.2) is 4.98 Å². The average Bonchev–Trinajstić information content (AvgIpc) is 3.02. The first-order valence-corrected chi connectivity index (χ1v) is 8.96. The summed E-state index contributed by atoms with van der Waals surface area (Å²) in [4.78, 5) is 18.3. The second kappa shape index (κ2) is 10.4. The van der Waals surface area contributed by atoms with E-state index in [9.17, 15) is 18.0 Å². The number of hydrogen-bond donors (Lipinski definition) is 1. The molecule has 2 N–H and O–H groups in total. The standard InChI is InChI=1S/C18H22F3N3OS.2ClH/c1-17(2,10-22)11-24(3)15(25)8-14-9-26-16(23-14)12-5-4-6-13(7-12)18(19,20)21;;/h4-7,9H,8,10-11,22H2,1-3H3;2*1H. The largest absolute Gasteiger partial charge is 0.416 e. The van der Waals surface area contributed by atoms with Gasteiger partial charge < -0.3 is 10.6 Å². The fourth-order valence-corrected chi connectivity index (χ4v) is 3.25. The molecule has 0 aliphatic carbocycles.